The summed E-state index contributed by atoms with van der Waals surface area (Å²) in [5.41, 5.74) is 0. The van der Waals surface area contributed by atoms with Gasteiger partial charge in [-0.25, -0.2) is 12.2 Å². The van der Waals surface area contributed by atoms with Crippen LogP contribution in [0.3, 0.4) is 0 Å². The van der Waals surface area contributed by atoms with E-state index in [1.807, 2.05) is 12.2 Å². The molecule has 2 aromatic carbocycles. The standard InChI is InChI=1S/C14H17Si.C5H5.2ClH.Zr/c1-2-15(10-5-11-15)14-9-8-12-6-3-4-7-13(12)14;1-2-4-5-3-1;;;/h3-4,6-9H,2,5,10-11H2,1H3;1-3H,4H2;2*1H;/q2*-1;;;+4/p-2. The summed E-state index contributed by atoms with van der Waals surface area (Å²) < 4.78 is 0. The van der Waals surface area contributed by atoms with Crippen LogP contribution < -0.4 is 30.0 Å². The van der Waals surface area contributed by atoms with Crippen molar-refractivity contribution in [2.45, 2.75) is 37.9 Å². The molecule has 2 aromatic rings. The summed E-state index contributed by atoms with van der Waals surface area (Å²) in [5.74, 6) is 0. The molecular weight excluding hydrogens is 418 g/mol. The molecule has 0 radical (unpaired) electrons. The summed E-state index contributed by atoms with van der Waals surface area (Å²) in [5, 5.41) is 4.73. The molecule has 0 unspecified atom stereocenters. The molecule has 0 atom stereocenters. The zero-order valence-electron chi connectivity index (χ0n) is 13.5. The molecule has 1 saturated heterocycles. The van der Waals surface area contributed by atoms with Crippen LogP contribution >= 0.6 is 0 Å². The van der Waals surface area contributed by atoms with Gasteiger partial charge in [0.1, 0.15) is 0 Å². The van der Waals surface area contributed by atoms with Gasteiger partial charge in [-0.3, -0.25) is 6.08 Å². The third-order valence-corrected chi connectivity index (χ3v) is 10.4. The third-order valence-electron chi connectivity index (χ3n) is 4.83. The molecule has 0 saturated carbocycles. The minimum absolute atomic E-state index is 0. The molecule has 0 bridgehead atoms. The van der Waals surface area contributed by atoms with E-state index >= 15 is 0 Å². The molecule has 0 aromatic heterocycles. The summed E-state index contributed by atoms with van der Waals surface area (Å²) in [6.45, 7) is 2.40. The number of hydrogen-bond donors (Lipinski definition) is 0. The Kier molecular flexibility index (Phi) is 10.8. The average molecular weight is 441 g/mol. The Bertz CT molecular complexity index is 626. The molecule has 0 N–H and O–H groups in total. The Morgan fingerprint density at radius 2 is 1.87 bits per heavy atom. The van der Waals surface area contributed by atoms with Crippen molar-refractivity contribution in [1.29, 1.82) is 0 Å². The first kappa shape index (κ1) is 23.0. The van der Waals surface area contributed by atoms with Crippen LogP contribution in [0.5, 0.6) is 0 Å². The first-order valence-electron chi connectivity index (χ1n) is 7.72. The van der Waals surface area contributed by atoms with Gasteiger partial charge < -0.3 is 24.8 Å². The van der Waals surface area contributed by atoms with Gasteiger partial charge in [0.2, 0.25) is 0 Å². The molecule has 2 aliphatic rings. The second kappa shape index (κ2) is 10.8. The summed E-state index contributed by atoms with van der Waals surface area (Å²) in [6.07, 6.45) is 11.5. The number of allylic oxidation sites excluding steroid dienone is 4. The summed E-state index contributed by atoms with van der Waals surface area (Å²) in [6, 6.07) is 18.1. The molecule has 1 fully saturated rings. The van der Waals surface area contributed by atoms with Gasteiger partial charge in [0.25, 0.3) is 0 Å². The van der Waals surface area contributed by atoms with Gasteiger partial charge >= 0.3 is 26.2 Å². The third kappa shape index (κ3) is 4.98. The van der Waals surface area contributed by atoms with E-state index < -0.39 is 8.07 Å². The second-order valence-corrected chi connectivity index (χ2v) is 10.6. The Morgan fingerprint density at radius 3 is 2.35 bits per heavy atom. The van der Waals surface area contributed by atoms with Crippen LogP contribution in [-0.2, 0) is 26.2 Å². The number of rotatable bonds is 2. The van der Waals surface area contributed by atoms with E-state index in [-0.39, 0.29) is 51.0 Å². The van der Waals surface area contributed by atoms with Crippen LogP contribution in [0.4, 0.5) is 0 Å². The van der Waals surface area contributed by atoms with Crippen molar-refractivity contribution in [3.63, 3.8) is 0 Å². The van der Waals surface area contributed by atoms with Crippen LogP contribution in [0, 0.1) is 6.08 Å². The van der Waals surface area contributed by atoms with Gasteiger partial charge in [-0.1, -0.05) is 37.5 Å². The quantitative estimate of drug-likeness (QED) is 0.413. The second-order valence-electron chi connectivity index (χ2n) is 5.82. The minimum Gasteiger partial charge on any atom is -1.00 e. The smallest absolute Gasteiger partial charge is 1.00 e. The van der Waals surface area contributed by atoms with Crippen LogP contribution in [0.1, 0.15) is 19.8 Å². The van der Waals surface area contributed by atoms with Crippen molar-refractivity contribution in [2.75, 3.05) is 0 Å². The molecule has 1 aliphatic heterocycles. The molecule has 4 rings (SSSR count). The molecule has 1 heterocycles. The zero-order chi connectivity index (χ0) is 13.8. The zero-order valence-corrected chi connectivity index (χ0v) is 18.5. The minimum atomic E-state index is -1.01. The topological polar surface area (TPSA) is 0 Å². The van der Waals surface area contributed by atoms with Crippen molar-refractivity contribution in [3.05, 3.63) is 60.7 Å². The fourth-order valence-corrected chi connectivity index (χ4v) is 7.44. The van der Waals surface area contributed by atoms with Gasteiger partial charge in [-0.15, -0.1) is 40.6 Å². The Balaban J connectivity index is 0.000000529. The SMILES string of the molecule is CC[Si]1([c-]2ccc3ccccc32)CCC1.[C-]1=CC=CC1.[Cl-].[Cl-].[Zr+4]. The van der Waals surface area contributed by atoms with Crippen molar-refractivity contribution >= 4 is 24.0 Å². The van der Waals surface area contributed by atoms with Crippen molar-refractivity contribution in [3.8, 4) is 0 Å². The van der Waals surface area contributed by atoms with Gasteiger partial charge in [-0.2, -0.15) is 18.2 Å². The van der Waals surface area contributed by atoms with E-state index in [9.17, 15) is 0 Å². The molecule has 23 heavy (non-hydrogen) atoms. The molecule has 0 nitrogen and oxygen atoms in total. The maximum atomic E-state index is 2.99. The van der Waals surface area contributed by atoms with E-state index in [4.69, 9.17) is 0 Å². The van der Waals surface area contributed by atoms with Crippen LogP contribution in [0.25, 0.3) is 10.8 Å². The molecule has 0 spiro atoms. The predicted octanol–water partition coefficient (Wildman–Crippen LogP) is -1.05. The number of halogens is 2. The van der Waals surface area contributed by atoms with Gasteiger partial charge in [-0.05, 0) is 0 Å². The van der Waals surface area contributed by atoms with Crippen LogP contribution in [-0.4, -0.2) is 8.07 Å². The van der Waals surface area contributed by atoms with E-state index in [1.54, 1.807) is 10.6 Å². The fourth-order valence-electron chi connectivity index (χ4n) is 3.37. The molecule has 120 valence electrons. The summed E-state index contributed by atoms with van der Waals surface area (Å²) in [4.78, 5) is 0. The maximum Gasteiger partial charge on any atom is 4.00 e. The number of fused-ring (bicyclic) bond motifs is 1. The number of benzene rings is 1. The Hall–Kier alpha value is -0.01000. The molecular formula is C19H22Cl2SiZr. The van der Waals surface area contributed by atoms with Crippen molar-refractivity contribution < 1.29 is 51.0 Å². The van der Waals surface area contributed by atoms with Gasteiger partial charge in [0, 0.05) is 8.07 Å². The van der Waals surface area contributed by atoms with Gasteiger partial charge in [0.05, 0.1) is 0 Å². The fraction of sp³-hybridized carbons (Fsp3) is 0.316. The van der Waals surface area contributed by atoms with E-state index in [0.29, 0.717) is 0 Å². The van der Waals surface area contributed by atoms with Crippen molar-refractivity contribution in [1.82, 2.24) is 0 Å². The molecule has 4 heteroatoms. The Morgan fingerprint density at radius 1 is 1.13 bits per heavy atom. The molecule has 1 aliphatic carbocycles. The maximum absolute atomic E-state index is 2.99. The van der Waals surface area contributed by atoms with Crippen LogP contribution in [0.2, 0.25) is 18.1 Å². The normalized spacial score (nSPS) is 16.2. The summed E-state index contributed by atoms with van der Waals surface area (Å²) in [7, 11) is -1.01. The van der Waals surface area contributed by atoms with Crippen LogP contribution in [0.15, 0.2) is 54.6 Å². The van der Waals surface area contributed by atoms with Crippen molar-refractivity contribution in [2.24, 2.45) is 0 Å². The Labute approximate surface area is 172 Å². The largest absolute Gasteiger partial charge is 4.00 e. The first-order valence-corrected chi connectivity index (χ1v) is 10.3. The van der Waals surface area contributed by atoms with E-state index in [1.165, 1.54) is 29.9 Å². The molecule has 0 amide bonds. The van der Waals surface area contributed by atoms with E-state index in [0.717, 1.165) is 6.42 Å². The first-order chi connectivity index (χ1) is 9.86. The monoisotopic (exact) mass is 438 g/mol. The summed E-state index contributed by atoms with van der Waals surface area (Å²) >= 11 is 0. The predicted molar refractivity (Wildman–Crippen MR) is 91.2 cm³/mol. The van der Waals surface area contributed by atoms with E-state index in [2.05, 4.69) is 55.5 Å². The van der Waals surface area contributed by atoms with Gasteiger partial charge in [0.15, 0.2) is 0 Å². The number of hydrogen-bond acceptors (Lipinski definition) is 0. The average Bonchev–Trinajstić information content (AvgIpc) is 3.11.